The fourth-order valence-electron chi connectivity index (χ4n) is 2.95. The number of carboxylic acids is 1. The normalized spacial score (nSPS) is 11.0. The molecule has 0 saturated heterocycles. The van der Waals surface area contributed by atoms with Crippen molar-refractivity contribution in [3.63, 3.8) is 0 Å². The maximum atomic E-state index is 13.5. The van der Waals surface area contributed by atoms with Crippen molar-refractivity contribution in [2.24, 2.45) is 0 Å². The van der Waals surface area contributed by atoms with Gasteiger partial charge >= 0.3 is 5.97 Å². The third-order valence-corrected chi connectivity index (χ3v) is 7.05. The number of aliphatic carboxylic acids is 1. The number of carboxylic acid groups (broad SMARTS) is 1. The molecule has 9 heteroatoms. The summed E-state index contributed by atoms with van der Waals surface area (Å²) in [4.78, 5) is 11.9. The van der Waals surface area contributed by atoms with Gasteiger partial charge in [0.25, 0.3) is 0 Å². The average molecular weight is 468 g/mol. The second-order valence-electron chi connectivity index (χ2n) is 6.68. The Morgan fingerprint density at radius 1 is 1.13 bits per heavy atom. The summed E-state index contributed by atoms with van der Waals surface area (Å²) in [5.74, 6) is -2.58. The molecule has 0 amide bonds. The Balaban J connectivity index is 1.74. The zero-order chi connectivity index (χ0) is 21.8. The smallest absolute Gasteiger partial charge is 0.303 e. The van der Waals surface area contributed by atoms with Crippen LogP contribution in [0.1, 0.15) is 35.4 Å². The van der Waals surface area contributed by atoms with Gasteiger partial charge in [-0.2, -0.15) is 0 Å². The maximum Gasteiger partial charge on any atom is 0.303 e. The monoisotopic (exact) mass is 467 g/mol. The molecule has 30 heavy (non-hydrogen) atoms. The van der Waals surface area contributed by atoms with Gasteiger partial charge in [0, 0.05) is 23.4 Å². The Morgan fingerprint density at radius 2 is 1.90 bits per heavy atom. The highest BCUT2D eigenvalue weighted by molar-refractivity contribution is 7.73. The van der Waals surface area contributed by atoms with Gasteiger partial charge in [0.05, 0.1) is 4.88 Å². The lowest BCUT2D eigenvalue weighted by Crippen LogP contribution is -1.99. The van der Waals surface area contributed by atoms with Crippen LogP contribution < -0.4 is 0 Å². The van der Waals surface area contributed by atoms with E-state index in [9.17, 15) is 18.7 Å². The van der Waals surface area contributed by atoms with Gasteiger partial charge in [0.15, 0.2) is 15.6 Å². The zero-order valence-corrected chi connectivity index (χ0v) is 18.3. The molecule has 0 aliphatic carbocycles. The summed E-state index contributed by atoms with van der Waals surface area (Å²) in [6.07, 6.45) is 2.13. The van der Waals surface area contributed by atoms with Crippen LogP contribution in [0, 0.1) is 15.6 Å². The van der Waals surface area contributed by atoms with Crippen molar-refractivity contribution in [2.45, 2.75) is 32.2 Å². The third kappa shape index (κ3) is 5.03. The van der Waals surface area contributed by atoms with Crippen molar-refractivity contribution in [3.8, 4) is 17.0 Å². The molecule has 3 aromatic rings. The van der Waals surface area contributed by atoms with Crippen molar-refractivity contribution in [1.29, 1.82) is 0 Å². The fraction of sp³-hybridized carbons (Fsp3) is 0.238. The van der Waals surface area contributed by atoms with Gasteiger partial charge in [-0.1, -0.05) is 19.1 Å². The molecule has 0 saturated carbocycles. The molecule has 2 aromatic heterocycles. The number of thiophene rings is 1. The molecular weight excluding hydrogens is 448 g/mol. The van der Waals surface area contributed by atoms with E-state index in [2.05, 4.69) is 6.58 Å². The van der Waals surface area contributed by atoms with Crippen molar-refractivity contribution in [1.82, 2.24) is 4.57 Å². The molecule has 3 rings (SSSR count). The second-order valence-corrected chi connectivity index (χ2v) is 9.24. The number of nitrogens with zero attached hydrogens (tertiary/aromatic N) is 1. The quantitative estimate of drug-likeness (QED) is 0.272. The summed E-state index contributed by atoms with van der Waals surface area (Å²) < 4.78 is 28.8. The number of aromatic nitrogens is 1. The molecule has 0 radical (unpaired) electrons. The number of carbonyl (C=O) groups is 1. The van der Waals surface area contributed by atoms with Gasteiger partial charge in [-0.25, -0.2) is 8.78 Å². The molecule has 0 aliphatic rings. The van der Waals surface area contributed by atoms with Crippen LogP contribution in [0.2, 0.25) is 0 Å². The second kappa shape index (κ2) is 9.63. The van der Waals surface area contributed by atoms with E-state index in [4.69, 9.17) is 17.3 Å². The highest BCUT2D eigenvalue weighted by Gasteiger charge is 2.17. The lowest BCUT2D eigenvalue weighted by Gasteiger charge is -2.06. The Labute approximate surface area is 185 Å². The SMILES string of the molecule is C=C(c1cc(-c2ccc(F)c(F)c2)cs1)c1sc(=S)n(CCCCCC(=O)O)c1O. The summed E-state index contributed by atoms with van der Waals surface area (Å²) >= 11 is 8.01. The number of benzene rings is 1. The Morgan fingerprint density at radius 3 is 2.60 bits per heavy atom. The van der Waals surface area contributed by atoms with E-state index >= 15 is 0 Å². The maximum absolute atomic E-state index is 13.5. The average Bonchev–Trinajstić information content (AvgIpc) is 3.29. The number of rotatable bonds is 9. The van der Waals surface area contributed by atoms with E-state index in [0.717, 1.165) is 29.0 Å². The van der Waals surface area contributed by atoms with Crippen LogP contribution >= 0.6 is 34.9 Å². The van der Waals surface area contributed by atoms with Crippen LogP contribution in [-0.2, 0) is 11.3 Å². The first-order chi connectivity index (χ1) is 14.3. The van der Waals surface area contributed by atoms with Gasteiger partial charge in [-0.3, -0.25) is 9.36 Å². The Bertz CT molecular complexity index is 1150. The highest BCUT2D eigenvalue weighted by atomic mass is 32.1. The largest absolute Gasteiger partial charge is 0.493 e. The number of unbranched alkanes of at least 4 members (excludes halogenated alkanes) is 2. The number of thiazole rings is 1. The molecular formula is C21H19F2NO3S3. The Hall–Kier alpha value is -2.36. The predicted molar refractivity (Wildman–Crippen MR) is 119 cm³/mol. The zero-order valence-electron chi connectivity index (χ0n) is 15.9. The molecule has 158 valence electrons. The lowest BCUT2D eigenvalue weighted by atomic mass is 10.1. The number of hydrogen-bond donors (Lipinski definition) is 2. The van der Waals surface area contributed by atoms with Crippen LogP contribution in [0.25, 0.3) is 16.7 Å². The standard InChI is InChI=1S/C21H19F2NO3S3/c1-12(17-10-14(11-29-17)13-6-7-15(22)16(23)9-13)19-20(27)24(21(28)30-19)8-4-2-3-5-18(25)26/h6-7,9-11,27H,1-5,8H2,(H,25,26). The van der Waals surface area contributed by atoms with E-state index in [1.165, 1.54) is 28.7 Å². The minimum absolute atomic E-state index is 0.0380. The van der Waals surface area contributed by atoms with Crippen molar-refractivity contribution in [2.75, 3.05) is 0 Å². The van der Waals surface area contributed by atoms with Crippen molar-refractivity contribution >= 4 is 46.4 Å². The lowest BCUT2D eigenvalue weighted by molar-refractivity contribution is -0.137. The van der Waals surface area contributed by atoms with Gasteiger partial charge in [0.1, 0.15) is 0 Å². The van der Waals surface area contributed by atoms with Crippen molar-refractivity contribution in [3.05, 3.63) is 61.6 Å². The molecule has 2 N–H and O–H groups in total. The van der Waals surface area contributed by atoms with Gasteiger partial charge < -0.3 is 10.2 Å². The van der Waals surface area contributed by atoms with Gasteiger partial charge in [0.2, 0.25) is 5.88 Å². The number of halogens is 2. The first kappa shape index (κ1) is 22.3. The van der Waals surface area contributed by atoms with Crippen molar-refractivity contribution < 1.29 is 23.8 Å². The van der Waals surface area contributed by atoms with Gasteiger partial charge in [-0.05, 0) is 59.8 Å². The summed E-state index contributed by atoms with van der Waals surface area (Å²) in [5, 5.41) is 21.2. The molecule has 0 atom stereocenters. The topological polar surface area (TPSA) is 62.5 Å². The molecule has 0 aliphatic heterocycles. The molecule has 1 aromatic carbocycles. The number of aromatic hydroxyl groups is 1. The minimum Gasteiger partial charge on any atom is -0.493 e. The fourth-order valence-corrected chi connectivity index (χ4v) is 5.23. The van der Waals surface area contributed by atoms with Crippen LogP contribution in [-0.4, -0.2) is 20.7 Å². The summed E-state index contributed by atoms with van der Waals surface area (Å²) in [5.41, 5.74) is 1.89. The van der Waals surface area contributed by atoms with Crippen LogP contribution in [0.15, 0.2) is 36.2 Å². The molecule has 2 heterocycles. The van der Waals surface area contributed by atoms with Crippen LogP contribution in [0.4, 0.5) is 8.78 Å². The highest BCUT2D eigenvalue weighted by Crippen LogP contribution is 2.39. The van der Waals surface area contributed by atoms with Crippen LogP contribution in [0.5, 0.6) is 5.88 Å². The summed E-state index contributed by atoms with van der Waals surface area (Å²) in [6.45, 7) is 4.58. The third-order valence-electron chi connectivity index (χ3n) is 4.56. The first-order valence-corrected chi connectivity index (χ1v) is 11.3. The van der Waals surface area contributed by atoms with E-state index in [0.29, 0.717) is 39.4 Å². The molecule has 0 unspecified atom stereocenters. The molecule has 0 spiro atoms. The molecule has 0 fully saturated rings. The van der Waals surface area contributed by atoms with E-state index in [-0.39, 0.29) is 12.3 Å². The van der Waals surface area contributed by atoms with Crippen LogP contribution in [0.3, 0.4) is 0 Å². The number of hydrogen-bond acceptors (Lipinski definition) is 5. The van der Waals surface area contributed by atoms with E-state index in [1.54, 1.807) is 4.57 Å². The minimum atomic E-state index is -0.907. The molecule has 0 bridgehead atoms. The summed E-state index contributed by atoms with van der Waals surface area (Å²) in [6, 6.07) is 5.56. The van der Waals surface area contributed by atoms with E-state index < -0.39 is 17.6 Å². The first-order valence-electron chi connectivity index (χ1n) is 9.16. The Kier molecular flexibility index (Phi) is 7.17. The summed E-state index contributed by atoms with van der Waals surface area (Å²) in [7, 11) is 0. The molecule has 4 nitrogen and oxygen atoms in total. The predicted octanol–water partition coefficient (Wildman–Crippen LogP) is 6.70. The van der Waals surface area contributed by atoms with Gasteiger partial charge in [-0.15, -0.1) is 22.7 Å². The van der Waals surface area contributed by atoms with E-state index in [1.807, 2.05) is 11.4 Å².